The number of benzene rings is 2. The van der Waals surface area contributed by atoms with Gasteiger partial charge in [-0.3, -0.25) is 4.55 Å². The first-order valence-electron chi connectivity index (χ1n) is 7.11. The molecule has 2 rings (SSSR count). The highest BCUT2D eigenvalue weighted by atomic mass is 127. The van der Waals surface area contributed by atoms with Gasteiger partial charge in [0, 0.05) is 10.7 Å². The molecule has 7 nitrogen and oxygen atoms in total. The molecule has 0 unspecified atom stereocenters. The Hall–Kier alpha value is -0.800. The fraction of sp³-hybridized carbons (Fsp3) is 0.0667. The third kappa shape index (κ3) is 5.51. The van der Waals surface area contributed by atoms with Gasteiger partial charge in [0.25, 0.3) is 0 Å². The molecule has 0 fully saturated rings. The van der Waals surface area contributed by atoms with E-state index < -0.39 is 62.6 Å². The zero-order valence-corrected chi connectivity index (χ0v) is 21.1. The number of halogens is 7. The highest BCUT2D eigenvalue weighted by molar-refractivity contribution is 14.1. The van der Waals surface area contributed by atoms with Crippen molar-refractivity contribution in [1.29, 1.82) is 0 Å². The lowest BCUT2D eigenvalue weighted by Gasteiger charge is -2.11. The molecule has 162 valence electrons. The van der Waals surface area contributed by atoms with Crippen LogP contribution in [0.4, 0.5) is 17.6 Å². The predicted octanol–water partition coefficient (Wildman–Crippen LogP) is 4.07. The zero-order valence-electron chi connectivity index (χ0n) is 13.8. The molecule has 0 saturated carbocycles. The largest absolute Gasteiger partial charge is 0.450 e. The molecule has 0 heterocycles. The maximum atomic E-state index is 13.9. The van der Waals surface area contributed by atoms with Crippen LogP contribution in [0.3, 0.4) is 0 Å². The lowest BCUT2D eigenvalue weighted by molar-refractivity contribution is -0.138. The summed E-state index contributed by atoms with van der Waals surface area (Å²) in [6.07, 6.45) is 0. The van der Waals surface area contributed by atoms with E-state index >= 15 is 0 Å². The monoisotopic (exact) mass is 786 g/mol. The van der Waals surface area contributed by atoms with Gasteiger partial charge >= 0.3 is 22.1 Å². The molecule has 2 aromatic rings. The van der Waals surface area contributed by atoms with Crippen molar-refractivity contribution < 1.29 is 49.6 Å². The molecule has 0 aromatic heterocycles. The Bertz CT molecular complexity index is 1140. The van der Waals surface area contributed by atoms with Crippen molar-refractivity contribution in [1.82, 2.24) is 0 Å². The van der Waals surface area contributed by atoms with Gasteiger partial charge in [-0.05, 0) is 79.9 Å². The highest BCUT2D eigenvalue weighted by Crippen LogP contribution is 2.32. The average Bonchev–Trinajstić information content (AvgIpc) is 2.63. The molecule has 0 spiro atoms. The molecule has 0 aliphatic heterocycles. The van der Waals surface area contributed by atoms with E-state index in [-0.39, 0.29) is 5.56 Å². The summed E-state index contributed by atoms with van der Waals surface area (Å²) in [5, 5.41) is 0. The second kappa shape index (κ2) is 9.77. The minimum Gasteiger partial charge on any atom is -0.450 e. The summed E-state index contributed by atoms with van der Waals surface area (Å²) in [6, 6.07) is 3.22. The van der Waals surface area contributed by atoms with Crippen molar-refractivity contribution >= 4 is 89.8 Å². The molecule has 0 atom stereocenters. The third-order valence-corrected chi connectivity index (χ3v) is 7.73. The SMILES string of the molecule is O=C(COC(=O)c1cc(I)cc(I)c1I)Oc1c(F)c(F)c(S(=O)(=O)O)c(F)c1F. The molecule has 0 aliphatic carbocycles. The maximum Gasteiger partial charge on any atom is 0.349 e. The Morgan fingerprint density at radius 2 is 1.50 bits per heavy atom. The summed E-state index contributed by atoms with van der Waals surface area (Å²) >= 11 is 5.76. The molecule has 0 amide bonds. The summed E-state index contributed by atoms with van der Waals surface area (Å²) in [6.45, 7) is -1.18. The van der Waals surface area contributed by atoms with Crippen LogP contribution in [0.5, 0.6) is 5.75 Å². The van der Waals surface area contributed by atoms with Crippen molar-refractivity contribution in [3.63, 3.8) is 0 Å². The van der Waals surface area contributed by atoms with Gasteiger partial charge in [-0.15, -0.1) is 0 Å². The van der Waals surface area contributed by atoms with Crippen LogP contribution in [0.1, 0.15) is 10.4 Å². The Morgan fingerprint density at radius 1 is 0.967 bits per heavy atom. The van der Waals surface area contributed by atoms with Crippen LogP contribution < -0.4 is 4.74 Å². The number of rotatable bonds is 5. The summed E-state index contributed by atoms with van der Waals surface area (Å²) < 4.78 is 96.3. The van der Waals surface area contributed by atoms with E-state index in [1.54, 1.807) is 6.07 Å². The second-order valence-electron chi connectivity index (χ2n) is 5.19. The lowest BCUT2D eigenvalue weighted by Crippen LogP contribution is -2.21. The Morgan fingerprint density at radius 3 is 2.00 bits per heavy atom. The Kier molecular flexibility index (Phi) is 8.30. The molecule has 2 aromatic carbocycles. The van der Waals surface area contributed by atoms with E-state index in [4.69, 9.17) is 4.55 Å². The first-order chi connectivity index (χ1) is 13.8. The van der Waals surface area contributed by atoms with Crippen LogP contribution in [0, 0.1) is 34.0 Å². The number of hydrogen-bond donors (Lipinski definition) is 1. The number of carbonyl (C=O) groups excluding carboxylic acids is 2. The third-order valence-electron chi connectivity index (χ3n) is 3.19. The molecule has 30 heavy (non-hydrogen) atoms. The Balaban J connectivity index is 2.23. The molecular weight excluding hydrogens is 781 g/mol. The van der Waals surface area contributed by atoms with Crippen LogP contribution in [0.25, 0.3) is 0 Å². The minimum atomic E-state index is -5.66. The summed E-state index contributed by atoms with van der Waals surface area (Å²) in [4.78, 5) is 21.6. The first kappa shape index (κ1) is 25.5. The van der Waals surface area contributed by atoms with Gasteiger partial charge in [0.2, 0.25) is 17.4 Å². The van der Waals surface area contributed by atoms with Gasteiger partial charge in [0.05, 0.1) is 5.56 Å². The van der Waals surface area contributed by atoms with E-state index in [0.717, 1.165) is 0 Å². The van der Waals surface area contributed by atoms with Gasteiger partial charge in [0.1, 0.15) is 0 Å². The van der Waals surface area contributed by atoms with Gasteiger partial charge in [0.15, 0.2) is 23.1 Å². The molecule has 15 heteroatoms. The van der Waals surface area contributed by atoms with Crippen molar-refractivity contribution in [2.24, 2.45) is 0 Å². The quantitative estimate of drug-likeness (QED) is 0.122. The highest BCUT2D eigenvalue weighted by Gasteiger charge is 2.34. The molecular formula is C15H5F4I3O7S. The molecule has 0 saturated heterocycles. The van der Waals surface area contributed by atoms with Crippen LogP contribution in [0.15, 0.2) is 17.0 Å². The Labute approximate surface area is 206 Å². The van der Waals surface area contributed by atoms with Gasteiger partial charge in [-0.2, -0.15) is 17.2 Å². The minimum absolute atomic E-state index is 0.0895. The number of hydrogen-bond acceptors (Lipinski definition) is 6. The average molecular weight is 786 g/mol. The summed E-state index contributed by atoms with van der Waals surface area (Å²) in [5.74, 6) is -14.3. The maximum absolute atomic E-state index is 13.9. The van der Waals surface area contributed by atoms with E-state index in [1.165, 1.54) is 6.07 Å². The van der Waals surface area contributed by atoms with Crippen molar-refractivity contribution in [3.05, 3.63) is 51.7 Å². The summed E-state index contributed by atoms with van der Waals surface area (Å²) in [5.41, 5.74) is 0.0895. The van der Waals surface area contributed by atoms with Gasteiger partial charge in [-0.1, -0.05) is 0 Å². The molecule has 0 bridgehead atoms. The predicted molar refractivity (Wildman–Crippen MR) is 117 cm³/mol. The van der Waals surface area contributed by atoms with Gasteiger partial charge < -0.3 is 9.47 Å². The molecule has 0 radical (unpaired) electrons. The van der Waals surface area contributed by atoms with Crippen molar-refractivity contribution in [2.75, 3.05) is 6.61 Å². The number of esters is 2. The van der Waals surface area contributed by atoms with E-state index in [2.05, 4.69) is 9.47 Å². The second-order valence-corrected chi connectivity index (χ2v) is 10.0. The molecule has 0 aliphatic rings. The number of carbonyl (C=O) groups is 2. The molecule has 1 N–H and O–H groups in total. The fourth-order valence-corrected chi connectivity index (χ4v) is 4.97. The van der Waals surface area contributed by atoms with Crippen LogP contribution in [0.2, 0.25) is 0 Å². The lowest BCUT2D eigenvalue weighted by atomic mass is 10.2. The van der Waals surface area contributed by atoms with E-state index in [1.807, 2.05) is 67.8 Å². The van der Waals surface area contributed by atoms with E-state index in [9.17, 15) is 35.6 Å². The fourth-order valence-electron chi connectivity index (χ4n) is 1.96. The zero-order chi connectivity index (χ0) is 23.0. The van der Waals surface area contributed by atoms with Crippen molar-refractivity contribution in [3.8, 4) is 5.75 Å². The van der Waals surface area contributed by atoms with Crippen molar-refractivity contribution in [2.45, 2.75) is 4.90 Å². The normalized spacial score (nSPS) is 11.3. The first-order valence-corrected chi connectivity index (χ1v) is 11.8. The summed E-state index contributed by atoms with van der Waals surface area (Å²) in [7, 11) is -5.66. The smallest absolute Gasteiger partial charge is 0.349 e. The van der Waals surface area contributed by atoms with Gasteiger partial charge in [-0.25, -0.2) is 18.4 Å². The van der Waals surface area contributed by atoms with Crippen LogP contribution >= 0.6 is 67.8 Å². The van der Waals surface area contributed by atoms with E-state index in [0.29, 0.717) is 10.7 Å². The van der Waals surface area contributed by atoms with Crippen LogP contribution in [-0.2, 0) is 19.6 Å². The standard InChI is InChI=1S/C15H5F4I3O7S/c16-8-10(18)14(30(25,26)27)11(19)9(17)13(8)29-7(23)3-28-15(24)5-1-4(20)2-6(21)12(5)22/h1-2H,3H2,(H,25,26,27). The van der Waals surface area contributed by atoms with Crippen LogP contribution in [-0.4, -0.2) is 31.5 Å². The topological polar surface area (TPSA) is 107 Å². The number of ether oxygens (including phenoxy) is 2.